The van der Waals surface area contributed by atoms with Crippen LogP contribution in [-0.2, 0) is 11.2 Å². The highest BCUT2D eigenvalue weighted by molar-refractivity contribution is 5.78. The molecule has 1 heterocycles. The lowest BCUT2D eigenvalue weighted by Crippen LogP contribution is -2.16. The highest BCUT2D eigenvalue weighted by Crippen LogP contribution is 2.13. The van der Waals surface area contributed by atoms with Crippen molar-refractivity contribution < 1.29 is 4.79 Å². The van der Waals surface area contributed by atoms with E-state index in [0.29, 0.717) is 11.3 Å². The SMILES string of the molecule is N#Cc1ccnc(CC(N)=O)c1N. The zero-order valence-corrected chi connectivity index (χ0v) is 6.82. The zero-order chi connectivity index (χ0) is 9.84. The molecule has 0 fully saturated rings. The maximum atomic E-state index is 10.6. The normalized spacial score (nSPS) is 9.15. The van der Waals surface area contributed by atoms with E-state index in [1.54, 1.807) is 0 Å². The molecule has 0 atom stereocenters. The third kappa shape index (κ3) is 1.93. The van der Waals surface area contributed by atoms with Gasteiger partial charge in [0.2, 0.25) is 5.91 Å². The van der Waals surface area contributed by atoms with Crippen LogP contribution in [0.25, 0.3) is 0 Å². The van der Waals surface area contributed by atoms with Crippen molar-refractivity contribution in [1.82, 2.24) is 4.98 Å². The van der Waals surface area contributed by atoms with Gasteiger partial charge in [-0.3, -0.25) is 9.78 Å². The highest BCUT2D eigenvalue weighted by Gasteiger charge is 2.07. The molecule has 0 aliphatic rings. The molecule has 0 bridgehead atoms. The van der Waals surface area contributed by atoms with Crippen molar-refractivity contribution in [3.63, 3.8) is 0 Å². The first kappa shape index (κ1) is 9.00. The van der Waals surface area contributed by atoms with Gasteiger partial charge in [-0.25, -0.2) is 0 Å². The number of hydrogen-bond acceptors (Lipinski definition) is 4. The third-order valence-corrected chi connectivity index (χ3v) is 1.53. The fourth-order valence-electron chi connectivity index (χ4n) is 0.920. The van der Waals surface area contributed by atoms with E-state index in [2.05, 4.69) is 4.98 Å². The maximum Gasteiger partial charge on any atom is 0.223 e. The summed E-state index contributed by atoms with van der Waals surface area (Å²) in [5.74, 6) is -0.519. The van der Waals surface area contributed by atoms with Crippen LogP contribution >= 0.6 is 0 Å². The van der Waals surface area contributed by atoms with Gasteiger partial charge in [0.15, 0.2) is 0 Å². The van der Waals surface area contributed by atoms with Crippen molar-refractivity contribution in [2.75, 3.05) is 5.73 Å². The van der Waals surface area contributed by atoms with Gasteiger partial charge in [0.25, 0.3) is 0 Å². The van der Waals surface area contributed by atoms with Gasteiger partial charge < -0.3 is 11.5 Å². The smallest absolute Gasteiger partial charge is 0.223 e. The fourth-order valence-corrected chi connectivity index (χ4v) is 0.920. The molecular formula is C8H8N4O. The Balaban J connectivity index is 3.10. The first-order valence-corrected chi connectivity index (χ1v) is 3.57. The molecule has 0 saturated carbocycles. The number of nitrogens with two attached hydrogens (primary N) is 2. The molecule has 0 spiro atoms. The van der Waals surface area contributed by atoms with Gasteiger partial charge in [0, 0.05) is 6.20 Å². The van der Waals surface area contributed by atoms with Crippen molar-refractivity contribution in [2.24, 2.45) is 5.73 Å². The van der Waals surface area contributed by atoms with Gasteiger partial charge in [-0.1, -0.05) is 0 Å². The number of nitrogens with zero attached hydrogens (tertiary/aromatic N) is 2. The number of nitrogen functional groups attached to an aromatic ring is 1. The monoisotopic (exact) mass is 176 g/mol. The Morgan fingerprint density at radius 2 is 2.38 bits per heavy atom. The van der Waals surface area contributed by atoms with E-state index >= 15 is 0 Å². The molecule has 1 amide bonds. The zero-order valence-electron chi connectivity index (χ0n) is 6.82. The topological polar surface area (TPSA) is 106 Å². The van der Waals surface area contributed by atoms with E-state index < -0.39 is 5.91 Å². The van der Waals surface area contributed by atoms with Crippen molar-refractivity contribution in [3.8, 4) is 6.07 Å². The molecule has 0 aromatic carbocycles. The summed E-state index contributed by atoms with van der Waals surface area (Å²) in [4.78, 5) is 14.4. The van der Waals surface area contributed by atoms with Crippen LogP contribution in [0, 0.1) is 11.3 Å². The highest BCUT2D eigenvalue weighted by atomic mass is 16.1. The predicted octanol–water partition coefficient (Wildman–Crippen LogP) is -0.437. The summed E-state index contributed by atoms with van der Waals surface area (Å²) in [6.45, 7) is 0. The third-order valence-electron chi connectivity index (χ3n) is 1.53. The maximum absolute atomic E-state index is 10.6. The molecule has 13 heavy (non-hydrogen) atoms. The molecule has 1 rings (SSSR count). The molecule has 0 aliphatic heterocycles. The van der Waals surface area contributed by atoms with Crippen LogP contribution in [-0.4, -0.2) is 10.9 Å². The second-order valence-corrected chi connectivity index (χ2v) is 2.47. The Kier molecular flexibility index (Phi) is 2.45. The lowest BCUT2D eigenvalue weighted by molar-refractivity contribution is -0.117. The lowest BCUT2D eigenvalue weighted by atomic mass is 10.1. The number of hydrogen-bond donors (Lipinski definition) is 2. The van der Waals surface area contributed by atoms with E-state index in [-0.39, 0.29) is 12.1 Å². The van der Waals surface area contributed by atoms with E-state index in [4.69, 9.17) is 16.7 Å². The number of carbonyl (C=O) groups is 1. The largest absolute Gasteiger partial charge is 0.396 e. The number of carbonyl (C=O) groups excluding carboxylic acids is 1. The van der Waals surface area contributed by atoms with Gasteiger partial charge in [0.05, 0.1) is 23.4 Å². The molecule has 66 valence electrons. The molecule has 1 aromatic rings. The lowest BCUT2D eigenvalue weighted by Gasteiger charge is -2.02. The second kappa shape index (κ2) is 3.54. The number of amides is 1. The predicted molar refractivity (Wildman–Crippen MR) is 46.3 cm³/mol. The Morgan fingerprint density at radius 3 is 2.92 bits per heavy atom. The van der Waals surface area contributed by atoms with Crippen LogP contribution in [0.15, 0.2) is 12.3 Å². The number of rotatable bonds is 2. The summed E-state index contributed by atoms with van der Waals surface area (Å²) < 4.78 is 0. The first-order valence-electron chi connectivity index (χ1n) is 3.57. The van der Waals surface area contributed by atoms with Gasteiger partial charge in [-0.05, 0) is 6.07 Å². The second-order valence-electron chi connectivity index (χ2n) is 2.47. The van der Waals surface area contributed by atoms with Crippen LogP contribution in [0.4, 0.5) is 5.69 Å². The van der Waals surface area contributed by atoms with E-state index in [1.807, 2.05) is 6.07 Å². The number of pyridine rings is 1. The number of primary amides is 1. The van der Waals surface area contributed by atoms with Crippen molar-refractivity contribution in [3.05, 3.63) is 23.5 Å². The fraction of sp³-hybridized carbons (Fsp3) is 0.125. The summed E-state index contributed by atoms with van der Waals surface area (Å²) in [7, 11) is 0. The average molecular weight is 176 g/mol. The van der Waals surface area contributed by atoms with Gasteiger partial charge in [-0.2, -0.15) is 5.26 Å². The molecular weight excluding hydrogens is 168 g/mol. The van der Waals surface area contributed by atoms with E-state index in [0.717, 1.165) is 0 Å². The van der Waals surface area contributed by atoms with Crippen molar-refractivity contribution in [1.29, 1.82) is 5.26 Å². The molecule has 1 aromatic heterocycles. The Labute approximate surface area is 75.0 Å². The standard InChI is InChI=1S/C8H8N4O/c9-4-5-1-2-12-6(8(5)11)3-7(10)13/h1-2H,3,11H2,(H2,10,13). The molecule has 5 heteroatoms. The Hall–Kier alpha value is -2.09. The first-order chi connectivity index (χ1) is 6.15. The van der Waals surface area contributed by atoms with E-state index in [1.165, 1.54) is 12.3 Å². The number of aromatic nitrogens is 1. The minimum absolute atomic E-state index is 0.0403. The van der Waals surface area contributed by atoms with Crippen molar-refractivity contribution >= 4 is 11.6 Å². The molecule has 5 nitrogen and oxygen atoms in total. The summed E-state index contributed by atoms with van der Waals surface area (Å²) in [5, 5.41) is 8.60. The summed E-state index contributed by atoms with van der Waals surface area (Å²) in [6.07, 6.45) is 1.38. The molecule has 4 N–H and O–H groups in total. The summed E-state index contributed by atoms with van der Waals surface area (Å²) in [5.41, 5.74) is 11.4. The minimum Gasteiger partial charge on any atom is -0.396 e. The van der Waals surface area contributed by atoms with Crippen LogP contribution < -0.4 is 11.5 Å². The molecule has 0 saturated heterocycles. The van der Waals surface area contributed by atoms with Gasteiger partial charge in [0.1, 0.15) is 6.07 Å². The quantitative estimate of drug-likeness (QED) is 0.637. The van der Waals surface area contributed by atoms with Crippen LogP contribution in [0.3, 0.4) is 0 Å². The average Bonchev–Trinajstić information content (AvgIpc) is 2.08. The van der Waals surface area contributed by atoms with Crippen LogP contribution in [0.1, 0.15) is 11.3 Å². The molecule has 0 unspecified atom stereocenters. The summed E-state index contributed by atoms with van der Waals surface area (Å²) >= 11 is 0. The molecule has 0 radical (unpaired) electrons. The van der Waals surface area contributed by atoms with Crippen molar-refractivity contribution in [2.45, 2.75) is 6.42 Å². The van der Waals surface area contributed by atoms with Gasteiger partial charge >= 0.3 is 0 Å². The minimum atomic E-state index is -0.519. The van der Waals surface area contributed by atoms with E-state index in [9.17, 15) is 4.79 Å². The Morgan fingerprint density at radius 1 is 1.69 bits per heavy atom. The van der Waals surface area contributed by atoms with Gasteiger partial charge in [-0.15, -0.1) is 0 Å². The number of nitriles is 1. The van der Waals surface area contributed by atoms with Crippen LogP contribution in [0.2, 0.25) is 0 Å². The molecule has 0 aliphatic carbocycles. The summed E-state index contributed by atoms with van der Waals surface area (Å²) in [6, 6.07) is 3.38. The van der Waals surface area contributed by atoms with Crippen LogP contribution in [0.5, 0.6) is 0 Å². The number of anilines is 1. The Bertz CT molecular complexity index is 380.